The van der Waals surface area contributed by atoms with E-state index in [0.29, 0.717) is 6.08 Å². The number of hydrogen-bond acceptors (Lipinski definition) is 18. The molecule has 3 aliphatic rings. The lowest BCUT2D eigenvalue weighted by atomic mass is 9.96. The number of amides is 2. The lowest BCUT2D eigenvalue weighted by Gasteiger charge is -2.42. The van der Waals surface area contributed by atoms with Gasteiger partial charge in [-0.15, -0.1) is 0 Å². The maximum atomic E-state index is 12.2. The first kappa shape index (κ1) is 33.5. The third-order valence-corrected chi connectivity index (χ3v) is 6.73. The van der Waals surface area contributed by atoms with Crippen LogP contribution in [0.4, 0.5) is 0 Å². The van der Waals surface area contributed by atoms with Crippen LogP contribution in [-0.4, -0.2) is 179 Å². The first-order valence-corrected chi connectivity index (χ1v) is 12.3. The molecule has 2 saturated heterocycles. The number of aliphatic hydroxyl groups is 11. The van der Waals surface area contributed by atoms with E-state index in [1.54, 1.807) is 5.32 Å². The van der Waals surface area contributed by atoms with Crippen LogP contribution >= 0.6 is 0 Å². The molecule has 19 heteroatoms. The second-order valence-electron chi connectivity index (χ2n) is 9.61. The molecule has 19 nitrogen and oxygen atoms in total. The van der Waals surface area contributed by atoms with Crippen molar-refractivity contribution in [2.24, 2.45) is 0 Å². The molecule has 0 saturated carbocycles. The van der Waals surface area contributed by atoms with E-state index in [4.69, 9.17) is 18.9 Å². The van der Waals surface area contributed by atoms with Crippen molar-refractivity contribution in [1.82, 2.24) is 5.32 Å². The lowest BCUT2D eigenvalue weighted by Crippen LogP contribution is -2.62. The summed E-state index contributed by atoms with van der Waals surface area (Å²) in [6, 6.07) is 0. The van der Waals surface area contributed by atoms with E-state index in [0.717, 1.165) is 0 Å². The van der Waals surface area contributed by atoms with Crippen LogP contribution in [-0.2, 0) is 33.3 Å². The van der Waals surface area contributed by atoms with Gasteiger partial charge in [0.1, 0.15) is 73.2 Å². The van der Waals surface area contributed by atoms with Crippen molar-refractivity contribution in [2.45, 2.75) is 85.8 Å². The number of carbonyl (C=O) groups excluding carboxylic acids is 3. The second kappa shape index (κ2) is 13.9. The normalized spacial score (nSPS) is 39.0. The summed E-state index contributed by atoms with van der Waals surface area (Å²) < 4.78 is 20.9. The lowest BCUT2D eigenvalue weighted by molar-refractivity contribution is -0.333. The molecule has 0 radical (unpaired) electrons. The van der Waals surface area contributed by atoms with Gasteiger partial charge in [0, 0.05) is 6.08 Å². The minimum atomic E-state index is -2.44. The van der Waals surface area contributed by atoms with Crippen LogP contribution in [0.1, 0.15) is 0 Å². The van der Waals surface area contributed by atoms with Gasteiger partial charge >= 0.3 is 0 Å². The number of carbonyl (C=O) groups is 3. The molecule has 2 fully saturated rings. The average molecular weight is 599 g/mol. The third-order valence-electron chi connectivity index (χ3n) is 6.73. The number of hydrogen-bond donors (Lipinski definition) is 12. The number of ether oxygens (including phenoxy) is 4. The smallest absolute Gasteiger partial charge is 0.262 e. The van der Waals surface area contributed by atoms with E-state index in [9.17, 15) is 70.6 Å². The first-order chi connectivity index (χ1) is 19.2. The Morgan fingerprint density at radius 2 is 1.34 bits per heavy atom. The minimum absolute atomic E-state index is 0.575. The third kappa shape index (κ3) is 7.30. The molecule has 0 spiro atoms. The van der Waals surface area contributed by atoms with Gasteiger partial charge in [0.2, 0.25) is 0 Å². The predicted octanol–water partition coefficient (Wildman–Crippen LogP) is -8.78. The maximum Gasteiger partial charge on any atom is 0.262 e. The average Bonchev–Trinajstić information content (AvgIpc) is 3.30. The summed E-state index contributed by atoms with van der Waals surface area (Å²) in [5, 5.41) is 112. The predicted molar refractivity (Wildman–Crippen MR) is 123 cm³/mol. The zero-order chi connectivity index (χ0) is 30.8. The summed E-state index contributed by atoms with van der Waals surface area (Å²) in [6.45, 7) is -2.36. The Kier molecular flexibility index (Phi) is 11.4. The molecule has 3 heterocycles. The van der Waals surface area contributed by atoms with Crippen LogP contribution in [0.2, 0.25) is 0 Å². The fourth-order valence-electron chi connectivity index (χ4n) is 4.20. The molecule has 14 atom stereocenters. The van der Waals surface area contributed by atoms with Gasteiger partial charge in [0.05, 0.1) is 25.4 Å². The van der Waals surface area contributed by atoms with Gasteiger partial charge in [-0.05, 0) is 0 Å². The van der Waals surface area contributed by atoms with Gasteiger partial charge in [-0.2, -0.15) is 0 Å². The van der Waals surface area contributed by atoms with E-state index >= 15 is 0 Å². The molecule has 41 heavy (non-hydrogen) atoms. The highest BCUT2D eigenvalue weighted by Crippen LogP contribution is 2.26. The maximum absolute atomic E-state index is 12.2. The van der Waals surface area contributed by atoms with Crippen molar-refractivity contribution in [3.05, 3.63) is 11.6 Å². The molecule has 0 aromatic rings. The molecule has 3 rings (SSSR count). The van der Waals surface area contributed by atoms with Crippen molar-refractivity contribution in [2.75, 3.05) is 19.8 Å². The van der Waals surface area contributed by atoms with Crippen molar-refractivity contribution in [3.8, 4) is 0 Å². The fraction of sp³-hybridized carbons (Fsp3) is 0.773. The Morgan fingerprint density at radius 1 is 0.805 bits per heavy atom. The van der Waals surface area contributed by atoms with Crippen molar-refractivity contribution in [3.63, 3.8) is 0 Å². The molecule has 12 N–H and O–H groups in total. The summed E-state index contributed by atoms with van der Waals surface area (Å²) in [6.07, 6.45) is -25.7. The quantitative estimate of drug-likeness (QED) is 0.0731. The van der Waals surface area contributed by atoms with Gasteiger partial charge < -0.3 is 75.1 Å². The molecule has 0 aliphatic carbocycles. The van der Waals surface area contributed by atoms with E-state index in [-0.39, 0.29) is 0 Å². The zero-order valence-electron chi connectivity index (χ0n) is 21.1. The molecule has 0 unspecified atom stereocenters. The number of ketones is 1. The van der Waals surface area contributed by atoms with Crippen LogP contribution in [0.25, 0.3) is 0 Å². The highest BCUT2D eigenvalue weighted by molar-refractivity contribution is 6.31. The van der Waals surface area contributed by atoms with Crippen LogP contribution < -0.4 is 5.32 Å². The number of aliphatic hydroxyl groups excluding tert-OH is 11. The van der Waals surface area contributed by atoms with Crippen molar-refractivity contribution < 1.29 is 89.5 Å². The largest absolute Gasteiger partial charge is 0.394 e. The van der Waals surface area contributed by atoms with Crippen molar-refractivity contribution >= 4 is 17.6 Å². The molecular formula is C22H33NO18. The monoisotopic (exact) mass is 599 g/mol. The molecular weight excluding hydrogens is 566 g/mol. The molecule has 0 aromatic carbocycles. The second-order valence-corrected chi connectivity index (χ2v) is 9.61. The number of imide groups is 1. The summed E-state index contributed by atoms with van der Waals surface area (Å²) in [7, 11) is 0. The number of rotatable bonds is 12. The molecule has 3 aliphatic heterocycles. The van der Waals surface area contributed by atoms with Crippen molar-refractivity contribution in [1.29, 1.82) is 0 Å². The number of Topliss-reactive ketones (excluding diaryl/α,β-unsaturated/α-hetero) is 1. The molecule has 2 amide bonds. The number of nitrogens with one attached hydrogen (secondary N) is 1. The Morgan fingerprint density at radius 3 is 1.88 bits per heavy atom. The van der Waals surface area contributed by atoms with Crippen LogP contribution in [0.5, 0.6) is 0 Å². The van der Waals surface area contributed by atoms with Crippen LogP contribution in [0, 0.1) is 0 Å². The first-order valence-electron chi connectivity index (χ1n) is 12.3. The summed E-state index contributed by atoms with van der Waals surface area (Å²) in [4.78, 5) is 34.9. The Labute approximate surface area is 230 Å². The summed E-state index contributed by atoms with van der Waals surface area (Å²) in [5.41, 5.74) is -0.789. The van der Waals surface area contributed by atoms with Crippen LogP contribution in [0.15, 0.2) is 11.6 Å². The Hall–Kier alpha value is -2.05. The summed E-state index contributed by atoms with van der Waals surface area (Å²) >= 11 is 0. The zero-order valence-corrected chi connectivity index (χ0v) is 21.1. The van der Waals surface area contributed by atoms with E-state index in [1.165, 1.54) is 0 Å². The topological polar surface area (TPSA) is 323 Å². The minimum Gasteiger partial charge on any atom is -0.394 e. The Bertz CT molecular complexity index is 976. The van der Waals surface area contributed by atoms with E-state index < -0.39 is 129 Å². The molecule has 0 bridgehead atoms. The van der Waals surface area contributed by atoms with Gasteiger partial charge in [-0.1, -0.05) is 0 Å². The van der Waals surface area contributed by atoms with E-state index in [1.807, 2.05) is 0 Å². The highest BCUT2D eigenvalue weighted by atomic mass is 16.7. The van der Waals surface area contributed by atoms with Gasteiger partial charge in [0.15, 0.2) is 18.4 Å². The SMILES string of the molecule is O=C1C=C(C(=O)[C@H](O)[C@@H](O)[C@H](O)[C@H](O)CO[C@H]2O[C@H](CO[C@H]3O[C@H](CO)[C@@H](O)[C@H](O)[C@H]3O)[C@@H](O)[C@H](O)[C@H]2O)C(=O)N1. The van der Waals surface area contributed by atoms with E-state index in [2.05, 4.69) is 0 Å². The van der Waals surface area contributed by atoms with Crippen LogP contribution in [0.3, 0.4) is 0 Å². The molecule has 234 valence electrons. The highest BCUT2D eigenvalue weighted by Gasteiger charge is 2.48. The molecule has 0 aromatic heterocycles. The van der Waals surface area contributed by atoms with Gasteiger partial charge in [-0.3, -0.25) is 19.7 Å². The van der Waals surface area contributed by atoms with Gasteiger partial charge in [0.25, 0.3) is 11.8 Å². The summed E-state index contributed by atoms with van der Waals surface area (Å²) in [5.74, 6) is -3.50. The Balaban J connectivity index is 1.56. The standard InChI is InChI=1S/C22H33NO18/c24-2-7-12(29)16(33)18(35)22(40-7)39-4-8-13(30)17(34)19(36)21(41-8)38-3-6(25)11(28)15(32)14(31)10(27)5-1-9(26)23-20(5)37/h1,6-8,11-19,21-22,24-25,28-36H,2-4H2,(H,23,26,37)/t6-,7-,8-,11-,12-,13-,14+,15+,16+,17+,18-,19-,21+,22+/m1/s1. The van der Waals surface area contributed by atoms with Gasteiger partial charge in [-0.25, -0.2) is 0 Å². The fourth-order valence-corrected chi connectivity index (χ4v) is 4.20.